The molecule has 214 valence electrons. The van der Waals surface area contributed by atoms with Gasteiger partial charge in [-0.15, -0.1) is 0 Å². The topological polar surface area (TPSA) is 97.3 Å². The van der Waals surface area contributed by atoms with Gasteiger partial charge in [-0.05, 0) is 41.8 Å². The molecule has 0 bridgehead atoms. The number of nitrogen functional groups attached to an aromatic ring is 1. The normalized spacial score (nSPS) is 24.0. The van der Waals surface area contributed by atoms with Crippen molar-refractivity contribution < 1.29 is 13.9 Å². The smallest absolute Gasteiger partial charge is 0.261 e. The highest BCUT2D eigenvalue weighted by molar-refractivity contribution is 6.99. The summed E-state index contributed by atoms with van der Waals surface area (Å²) in [6, 6.07) is 21.0. The second-order valence-electron chi connectivity index (χ2n) is 12.5. The van der Waals surface area contributed by atoms with E-state index in [9.17, 15) is 0 Å². The van der Waals surface area contributed by atoms with E-state index in [-0.39, 0.29) is 28.3 Å². The van der Waals surface area contributed by atoms with E-state index in [1.807, 2.05) is 18.4 Å². The highest BCUT2D eigenvalue weighted by Gasteiger charge is 2.60. The van der Waals surface area contributed by atoms with Gasteiger partial charge in [-0.2, -0.15) is 9.97 Å². The number of imidazole rings is 1. The van der Waals surface area contributed by atoms with Gasteiger partial charge in [0.2, 0.25) is 5.95 Å². The number of fused-ring (bicyclic) bond motifs is 2. The van der Waals surface area contributed by atoms with Crippen LogP contribution in [0.5, 0.6) is 0 Å². The van der Waals surface area contributed by atoms with Crippen LogP contribution in [0.4, 0.5) is 5.95 Å². The van der Waals surface area contributed by atoms with Crippen molar-refractivity contribution in [3.8, 4) is 0 Å². The summed E-state index contributed by atoms with van der Waals surface area (Å²) in [7, 11) is -2.78. The van der Waals surface area contributed by atoms with Crippen LogP contribution in [0.15, 0.2) is 78.6 Å². The van der Waals surface area contributed by atoms with Crippen molar-refractivity contribution in [3.05, 3.63) is 83.8 Å². The van der Waals surface area contributed by atoms with Crippen molar-refractivity contribution in [2.24, 2.45) is 0 Å². The molecule has 1 aliphatic carbocycles. The third-order valence-corrected chi connectivity index (χ3v) is 13.5. The van der Waals surface area contributed by atoms with Crippen LogP contribution in [-0.4, -0.2) is 51.9 Å². The van der Waals surface area contributed by atoms with E-state index in [0.717, 1.165) is 5.57 Å². The summed E-state index contributed by atoms with van der Waals surface area (Å²) in [5, 5.41) is 2.51. The van der Waals surface area contributed by atoms with Gasteiger partial charge in [-0.3, -0.25) is 0 Å². The molecule has 3 heterocycles. The van der Waals surface area contributed by atoms with Crippen LogP contribution in [-0.2, 0) is 13.9 Å². The molecule has 8 nitrogen and oxygen atoms in total. The highest BCUT2D eigenvalue weighted by Crippen LogP contribution is 2.52. The molecule has 0 spiro atoms. The first-order valence-corrected chi connectivity index (χ1v) is 16.1. The van der Waals surface area contributed by atoms with E-state index in [2.05, 4.69) is 109 Å². The lowest BCUT2D eigenvalue weighted by atomic mass is 9.95. The quantitative estimate of drug-likeness (QED) is 0.191. The van der Waals surface area contributed by atoms with Gasteiger partial charge in [-0.1, -0.05) is 99.1 Å². The SMILES string of the molecule is CC1(C)O[C@@H]2C(CO[Si](c3ccccc3)(c3ccccc3)C(C)(C)C)=C[C@@H](n3cnc4c(Cl)nc(N)nc43)[C@]2(C)O1. The van der Waals surface area contributed by atoms with Crippen LogP contribution >= 0.6 is 11.6 Å². The van der Waals surface area contributed by atoms with E-state index in [1.54, 1.807) is 6.33 Å². The molecule has 10 heteroatoms. The minimum atomic E-state index is -2.78. The van der Waals surface area contributed by atoms with E-state index < -0.39 is 19.7 Å². The van der Waals surface area contributed by atoms with Crippen molar-refractivity contribution in [2.45, 2.75) is 70.1 Å². The van der Waals surface area contributed by atoms with Gasteiger partial charge in [0.15, 0.2) is 16.6 Å². The Hall–Kier alpha value is -3.08. The predicted molar refractivity (Wildman–Crippen MR) is 164 cm³/mol. The summed E-state index contributed by atoms with van der Waals surface area (Å²) in [6.07, 6.45) is 3.55. The average molecular weight is 590 g/mol. The molecule has 2 aromatic carbocycles. The molecular weight excluding hydrogens is 554 g/mol. The molecule has 1 saturated heterocycles. The number of rotatable bonds is 6. The van der Waals surface area contributed by atoms with E-state index in [4.69, 9.17) is 31.2 Å². The molecule has 1 aliphatic heterocycles. The lowest BCUT2D eigenvalue weighted by molar-refractivity contribution is -0.165. The van der Waals surface area contributed by atoms with E-state index in [1.165, 1.54) is 10.4 Å². The fourth-order valence-corrected chi connectivity index (χ4v) is 11.4. The Morgan fingerprint density at radius 1 is 1.00 bits per heavy atom. The maximum absolute atomic E-state index is 7.31. The van der Waals surface area contributed by atoms with E-state index in [0.29, 0.717) is 17.8 Å². The van der Waals surface area contributed by atoms with E-state index >= 15 is 0 Å². The van der Waals surface area contributed by atoms with Gasteiger partial charge in [-0.25, -0.2) is 4.98 Å². The lowest BCUT2D eigenvalue weighted by Crippen LogP contribution is -2.66. The molecule has 6 rings (SSSR count). The summed E-state index contributed by atoms with van der Waals surface area (Å²) in [4.78, 5) is 13.1. The fourth-order valence-electron chi connectivity index (χ4n) is 6.66. The minimum absolute atomic E-state index is 0.0899. The highest BCUT2D eigenvalue weighted by atomic mass is 35.5. The number of nitrogens with zero attached hydrogens (tertiary/aromatic N) is 4. The molecule has 41 heavy (non-hydrogen) atoms. The Bertz CT molecular complexity index is 1580. The fraction of sp³-hybridized carbons (Fsp3) is 0.387. The van der Waals surface area contributed by atoms with Gasteiger partial charge < -0.3 is 24.2 Å². The van der Waals surface area contributed by atoms with Gasteiger partial charge in [0.25, 0.3) is 8.32 Å². The molecule has 0 unspecified atom stereocenters. The van der Waals surface area contributed by atoms with Crippen molar-refractivity contribution in [3.63, 3.8) is 0 Å². The number of hydrogen-bond donors (Lipinski definition) is 1. The third kappa shape index (κ3) is 4.51. The summed E-state index contributed by atoms with van der Waals surface area (Å²) in [5.41, 5.74) is 7.29. The average Bonchev–Trinajstić information content (AvgIpc) is 3.51. The van der Waals surface area contributed by atoms with Crippen LogP contribution in [0, 0.1) is 0 Å². The lowest BCUT2D eigenvalue weighted by Gasteiger charge is -2.43. The van der Waals surface area contributed by atoms with Crippen LogP contribution in [0.25, 0.3) is 11.2 Å². The molecule has 4 aromatic rings. The van der Waals surface area contributed by atoms with Crippen molar-refractivity contribution >= 4 is 47.4 Å². The first-order valence-electron chi connectivity index (χ1n) is 13.8. The second kappa shape index (κ2) is 9.74. The standard InChI is InChI=1S/C31H36ClN5O3Si/c1-29(2,3)41(21-13-9-7-10-14-21,22-15-11-8-12-16-22)38-18-20-17-23(31(6)25(20)39-30(4,5)40-31)37-19-34-24-26(32)35-28(33)36-27(24)37/h7-17,19,23,25H,18H2,1-6H3,(H2,33,35,36)/t23-,25-,31+/m1/s1. The number of aromatic nitrogens is 4. The second-order valence-corrected chi connectivity index (χ2v) is 17.2. The number of hydrogen-bond acceptors (Lipinski definition) is 7. The maximum atomic E-state index is 7.31. The predicted octanol–water partition coefficient (Wildman–Crippen LogP) is 5.03. The number of anilines is 1. The largest absolute Gasteiger partial charge is 0.403 e. The summed E-state index contributed by atoms with van der Waals surface area (Å²) >= 11 is 6.37. The molecular formula is C31H36ClN5O3Si. The number of nitrogens with two attached hydrogens (primary N) is 1. The minimum Gasteiger partial charge on any atom is -0.403 e. The first kappa shape index (κ1) is 28.1. The van der Waals surface area contributed by atoms with Gasteiger partial charge in [0.05, 0.1) is 19.0 Å². The molecule has 2 aromatic heterocycles. The van der Waals surface area contributed by atoms with Crippen molar-refractivity contribution in [2.75, 3.05) is 12.3 Å². The molecule has 2 N–H and O–H groups in total. The number of ether oxygens (including phenoxy) is 2. The van der Waals surface area contributed by atoms with Crippen LogP contribution < -0.4 is 16.1 Å². The maximum Gasteiger partial charge on any atom is 0.261 e. The molecule has 0 amide bonds. The Kier molecular flexibility index (Phi) is 6.67. The molecule has 2 aliphatic rings. The third-order valence-electron chi connectivity index (χ3n) is 8.25. The van der Waals surface area contributed by atoms with Gasteiger partial charge in [0.1, 0.15) is 17.2 Å². The van der Waals surface area contributed by atoms with Crippen LogP contribution in [0.3, 0.4) is 0 Å². The Morgan fingerprint density at radius 3 is 2.20 bits per heavy atom. The summed E-state index contributed by atoms with van der Waals surface area (Å²) in [5.74, 6) is -0.705. The van der Waals surface area contributed by atoms with Crippen molar-refractivity contribution in [1.82, 2.24) is 19.5 Å². The zero-order valence-electron chi connectivity index (χ0n) is 24.3. The zero-order valence-corrected chi connectivity index (χ0v) is 26.0. The number of benzene rings is 2. The van der Waals surface area contributed by atoms with Gasteiger partial charge >= 0.3 is 0 Å². The van der Waals surface area contributed by atoms with Crippen LogP contribution in [0.1, 0.15) is 47.6 Å². The monoisotopic (exact) mass is 589 g/mol. The van der Waals surface area contributed by atoms with Crippen LogP contribution in [0.2, 0.25) is 10.2 Å². The zero-order chi connectivity index (χ0) is 29.2. The first-order chi connectivity index (χ1) is 19.4. The molecule has 3 atom stereocenters. The molecule has 1 fully saturated rings. The van der Waals surface area contributed by atoms with Gasteiger partial charge in [0, 0.05) is 0 Å². The summed E-state index contributed by atoms with van der Waals surface area (Å²) in [6.45, 7) is 13.2. The molecule has 0 saturated carbocycles. The summed E-state index contributed by atoms with van der Waals surface area (Å²) < 4.78 is 22.5. The van der Waals surface area contributed by atoms with Crippen molar-refractivity contribution in [1.29, 1.82) is 0 Å². The molecule has 0 radical (unpaired) electrons. The Balaban J connectivity index is 1.46. The number of halogens is 1. The Labute approximate surface area is 246 Å². The Morgan fingerprint density at radius 2 is 1.61 bits per heavy atom.